The summed E-state index contributed by atoms with van der Waals surface area (Å²) in [4.78, 5) is 4.34. The van der Waals surface area contributed by atoms with Crippen LogP contribution in [0.25, 0.3) is 0 Å². The molecule has 0 amide bonds. The molecule has 0 unspecified atom stereocenters. The lowest BCUT2D eigenvalue weighted by Gasteiger charge is -2.33. The molecular weight excluding hydrogens is 228 g/mol. The van der Waals surface area contributed by atoms with Gasteiger partial charge in [0.1, 0.15) is 5.75 Å². The Morgan fingerprint density at radius 1 is 1.39 bits per heavy atom. The van der Waals surface area contributed by atoms with Gasteiger partial charge in [0.05, 0.1) is 5.69 Å². The number of rotatable bonds is 4. The van der Waals surface area contributed by atoms with Crippen LogP contribution in [-0.4, -0.2) is 29.8 Å². The van der Waals surface area contributed by atoms with Crippen molar-refractivity contribution in [3.8, 4) is 5.75 Å². The van der Waals surface area contributed by atoms with Crippen molar-refractivity contribution in [2.24, 2.45) is 5.41 Å². The molecule has 100 valence electrons. The van der Waals surface area contributed by atoms with Gasteiger partial charge >= 0.3 is 0 Å². The molecule has 0 saturated carbocycles. The van der Waals surface area contributed by atoms with Gasteiger partial charge in [-0.1, -0.05) is 6.92 Å². The third kappa shape index (κ3) is 3.43. The van der Waals surface area contributed by atoms with Crippen LogP contribution in [0.4, 0.5) is 0 Å². The highest BCUT2D eigenvalue weighted by atomic mass is 16.5. The maximum Gasteiger partial charge on any atom is 0.138 e. The first-order valence-corrected chi connectivity index (χ1v) is 6.53. The zero-order valence-corrected chi connectivity index (χ0v) is 11.2. The summed E-state index contributed by atoms with van der Waals surface area (Å²) in [6.07, 6.45) is 2.18. The van der Waals surface area contributed by atoms with E-state index in [2.05, 4.69) is 17.2 Å². The second-order valence-corrected chi connectivity index (χ2v) is 5.45. The first kappa shape index (κ1) is 13.3. The molecule has 0 spiro atoms. The number of aromatic hydroxyl groups is 1. The smallest absolute Gasteiger partial charge is 0.138 e. The number of pyridine rings is 1. The van der Waals surface area contributed by atoms with Crippen LogP contribution in [0, 0.1) is 12.3 Å². The van der Waals surface area contributed by atoms with Gasteiger partial charge in [-0.3, -0.25) is 4.98 Å². The zero-order valence-electron chi connectivity index (χ0n) is 11.2. The number of nitrogens with zero attached hydrogens (tertiary/aromatic N) is 1. The molecule has 0 bridgehead atoms. The largest absolute Gasteiger partial charge is 0.506 e. The van der Waals surface area contributed by atoms with Gasteiger partial charge in [0.2, 0.25) is 0 Å². The summed E-state index contributed by atoms with van der Waals surface area (Å²) < 4.78 is 5.38. The van der Waals surface area contributed by atoms with Crippen LogP contribution in [0.15, 0.2) is 12.1 Å². The molecule has 0 aliphatic carbocycles. The van der Waals surface area contributed by atoms with Crippen molar-refractivity contribution < 1.29 is 9.84 Å². The molecule has 2 heterocycles. The normalized spacial score (nSPS) is 18.8. The van der Waals surface area contributed by atoms with E-state index < -0.39 is 0 Å². The molecule has 0 atom stereocenters. The van der Waals surface area contributed by atoms with Crippen molar-refractivity contribution in [2.75, 3.05) is 19.8 Å². The van der Waals surface area contributed by atoms with E-state index in [0.717, 1.165) is 44.0 Å². The lowest BCUT2D eigenvalue weighted by Crippen LogP contribution is -2.36. The predicted molar refractivity (Wildman–Crippen MR) is 70.5 cm³/mol. The summed E-state index contributed by atoms with van der Waals surface area (Å²) in [7, 11) is 0. The number of hydrogen-bond donors (Lipinski definition) is 2. The van der Waals surface area contributed by atoms with E-state index >= 15 is 0 Å². The summed E-state index contributed by atoms with van der Waals surface area (Å²) in [5.74, 6) is 0.269. The molecule has 1 aromatic heterocycles. The van der Waals surface area contributed by atoms with Crippen molar-refractivity contribution in [1.29, 1.82) is 0 Å². The Kier molecular flexibility index (Phi) is 4.19. The average molecular weight is 250 g/mol. The Morgan fingerprint density at radius 2 is 2.11 bits per heavy atom. The van der Waals surface area contributed by atoms with Crippen LogP contribution < -0.4 is 5.32 Å². The van der Waals surface area contributed by atoms with Gasteiger partial charge < -0.3 is 15.2 Å². The summed E-state index contributed by atoms with van der Waals surface area (Å²) in [5, 5.41) is 13.1. The number of ether oxygens (including phenoxy) is 1. The molecule has 18 heavy (non-hydrogen) atoms. The molecule has 0 aromatic carbocycles. The third-order valence-corrected chi connectivity index (χ3v) is 3.63. The quantitative estimate of drug-likeness (QED) is 0.858. The Balaban J connectivity index is 1.86. The van der Waals surface area contributed by atoms with E-state index in [1.165, 1.54) is 0 Å². The third-order valence-electron chi connectivity index (χ3n) is 3.63. The van der Waals surface area contributed by atoms with Gasteiger partial charge in [-0.25, -0.2) is 0 Å². The minimum Gasteiger partial charge on any atom is -0.506 e. The summed E-state index contributed by atoms with van der Waals surface area (Å²) in [5.41, 5.74) is 1.96. The Labute approximate surface area is 108 Å². The van der Waals surface area contributed by atoms with Gasteiger partial charge in [0.15, 0.2) is 0 Å². The van der Waals surface area contributed by atoms with Gasteiger partial charge in [-0.05, 0) is 37.3 Å². The maximum absolute atomic E-state index is 9.71. The minimum atomic E-state index is 0.269. The van der Waals surface area contributed by atoms with Gasteiger partial charge in [0.25, 0.3) is 0 Å². The molecule has 4 heteroatoms. The Hall–Kier alpha value is -1.13. The fourth-order valence-electron chi connectivity index (χ4n) is 2.26. The van der Waals surface area contributed by atoms with Crippen LogP contribution >= 0.6 is 0 Å². The van der Waals surface area contributed by atoms with E-state index in [0.29, 0.717) is 12.0 Å². The Morgan fingerprint density at radius 3 is 2.83 bits per heavy atom. The van der Waals surface area contributed by atoms with E-state index in [9.17, 15) is 5.11 Å². The molecule has 1 fully saturated rings. The average Bonchev–Trinajstić information content (AvgIpc) is 2.34. The topological polar surface area (TPSA) is 54.4 Å². The van der Waals surface area contributed by atoms with E-state index in [-0.39, 0.29) is 5.75 Å². The molecule has 2 N–H and O–H groups in total. The Bertz CT molecular complexity index is 401. The van der Waals surface area contributed by atoms with Crippen molar-refractivity contribution in [3.63, 3.8) is 0 Å². The fourth-order valence-corrected chi connectivity index (χ4v) is 2.26. The second kappa shape index (κ2) is 5.67. The fraction of sp³-hybridized carbons (Fsp3) is 0.643. The zero-order chi connectivity index (χ0) is 13.0. The van der Waals surface area contributed by atoms with Gasteiger partial charge in [-0.2, -0.15) is 0 Å². The number of aromatic nitrogens is 1. The van der Waals surface area contributed by atoms with Crippen LogP contribution in [-0.2, 0) is 11.3 Å². The molecule has 1 aromatic rings. The van der Waals surface area contributed by atoms with Crippen molar-refractivity contribution in [1.82, 2.24) is 10.3 Å². The number of aryl methyl sites for hydroxylation is 1. The lowest BCUT2D eigenvalue weighted by atomic mass is 9.82. The molecule has 0 radical (unpaired) electrons. The van der Waals surface area contributed by atoms with Gasteiger partial charge in [-0.15, -0.1) is 0 Å². The number of hydrogen-bond acceptors (Lipinski definition) is 4. The highest BCUT2D eigenvalue weighted by Gasteiger charge is 2.26. The molecule has 1 aliphatic heterocycles. The van der Waals surface area contributed by atoms with Crippen LogP contribution in [0.1, 0.15) is 31.2 Å². The maximum atomic E-state index is 9.71. The highest BCUT2D eigenvalue weighted by Crippen LogP contribution is 2.28. The summed E-state index contributed by atoms with van der Waals surface area (Å²) in [6, 6.07) is 3.52. The molecule has 4 nitrogen and oxygen atoms in total. The van der Waals surface area contributed by atoms with Crippen LogP contribution in [0.2, 0.25) is 0 Å². The highest BCUT2D eigenvalue weighted by molar-refractivity contribution is 5.27. The van der Waals surface area contributed by atoms with E-state index in [1.54, 1.807) is 6.07 Å². The van der Waals surface area contributed by atoms with Crippen LogP contribution in [0.5, 0.6) is 5.75 Å². The first-order chi connectivity index (χ1) is 8.59. The van der Waals surface area contributed by atoms with Crippen molar-refractivity contribution in [3.05, 3.63) is 23.5 Å². The van der Waals surface area contributed by atoms with Crippen molar-refractivity contribution in [2.45, 2.75) is 33.2 Å². The molecule has 2 rings (SSSR count). The SMILES string of the molecule is Cc1ccc(O)c(CNCC2(C)CCOCC2)n1. The summed E-state index contributed by atoms with van der Waals surface area (Å²) in [6.45, 7) is 7.47. The predicted octanol–water partition coefficient (Wildman–Crippen LogP) is 2.00. The molecule has 1 aliphatic rings. The standard InChI is InChI=1S/C14H22N2O2/c1-11-3-4-13(17)12(16-11)9-15-10-14(2)5-7-18-8-6-14/h3-4,15,17H,5-10H2,1-2H3. The number of nitrogens with one attached hydrogen (secondary N) is 1. The second-order valence-electron chi connectivity index (χ2n) is 5.45. The van der Waals surface area contributed by atoms with Crippen molar-refractivity contribution >= 4 is 0 Å². The van der Waals surface area contributed by atoms with E-state index in [4.69, 9.17) is 4.74 Å². The minimum absolute atomic E-state index is 0.269. The monoisotopic (exact) mass is 250 g/mol. The summed E-state index contributed by atoms with van der Waals surface area (Å²) >= 11 is 0. The van der Waals surface area contributed by atoms with E-state index in [1.807, 2.05) is 13.0 Å². The molecule has 1 saturated heterocycles. The molecular formula is C14H22N2O2. The van der Waals surface area contributed by atoms with Gasteiger partial charge in [0, 0.05) is 32.0 Å². The van der Waals surface area contributed by atoms with Crippen LogP contribution in [0.3, 0.4) is 0 Å². The lowest BCUT2D eigenvalue weighted by molar-refractivity contribution is 0.0239. The first-order valence-electron chi connectivity index (χ1n) is 6.53.